The number of hydrogen-bond donors (Lipinski definition) is 1. The average Bonchev–Trinajstić information content (AvgIpc) is 2.74. The molecule has 0 spiro atoms. The van der Waals surface area contributed by atoms with Crippen LogP contribution in [0.15, 0.2) is 72.9 Å². The first-order valence-corrected chi connectivity index (χ1v) is 9.37. The fourth-order valence-electron chi connectivity index (χ4n) is 2.88. The predicted molar refractivity (Wildman–Crippen MR) is 112 cm³/mol. The third-order valence-corrected chi connectivity index (χ3v) is 4.29. The van der Waals surface area contributed by atoms with Crippen molar-refractivity contribution >= 4 is 23.3 Å². The standard InChI is InChI=1S/C23H23N3O3/c1-3-29-23(28)19-11-7-8-12-20(19)25-18-13-14-24-21(15-18)22(27)26(2)16-17-9-5-4-6-10-17/h4-15H,3,16H2,1-2H3,(H,24,25). The van der Waals surface area contributed by atoms with E-state index in [-0.39, 0.29) is 5.91 Å². The van der Waals surface area contributed by atoms with E-state index in [9.17, 15) is 9.59 Å². The Kier molecular flexibility index (Phi) is 6.58. The van der Waals surface area contributed by atoms with Gasteiger partial charge in [0.15, 0.2) is 0 Å². The Morgan fingerprint density at radius 3 is 2.52 bits per heavy atom. The molecule has 0 aliphatic rings. The number of ether oxygens (including phenoxy) is 1. The van der Waals surface area contributed by atoms with E-state index in [2.05, 4.69) is 10.3 Å². The minimum absolute atomic E-state index is 0.184. The summed E-state index contributed by atoms with van der Waals surface area (Å²) in [7, 11) is 1.74. The van der Waals surface area contributed by atoms with E-state index in [0.717, 1.165) is 5.56 Å². The first kappa shape index (κ1) is 20.1. The van der Waals surface area contributed by atoms with Gasteiger partial charge in [-0.1, -0.05) is 42.5 Å². The van der Waals surface area contributed by atoms with E-state index < -0.39 is 5.97 Å². The van der Waals surface area contributed by atoms with Gasteiger partial charge in [0.1, 0.15) is 5.69 Å². The molecule has 3 rings (SSSR count). The summed E-state index contributed by atoms with van der Waals surface area (Å²) in [5.74, 6) is -0.584. The van der Waals surface area contributed by atoms with Crippen molar-refractivity contribution < 1.29 is 14.3 Å². The normalized spacial score (nSPS) is 10.3. The van der Waals surface area contributed by atoms with Gasteiger partial charge in [0, 0.05) is 25.5 Å². The van der Waals surface area contributed by atoms with Crippen LogP contribution in [-0.4, -0.2) is 35.4 Å². The molecule has 0 radical (unpaired) electrons. The molecule has 0 saturated heterocycles. The summed E-state index contributed by atoms with van der Waals surface area (Å²) in [5.41, 5.74) is 3.06. The second kappa shape index (κ2) is 9.50. The van der Waals surface area contributed by atoms with Gasteiger partial charge < -0.3 is 15.0 Å². The fraction of sp³-hybridized carbons (Fsp3) is 0.174. The lowest BCUT2D eigenvalue weighted by molar-refractivity contribution is 0.0527. The Labute approximate surface area is 170 Å². The summed E-state index contributed by atoms with van der Waals surface area (Å²) >= 11 is 0. The quantitative estimate of drug-likeness (QED) is 0.611. The van der Waals surface area contributed by atoms with Crippen molar-refractivity contribution in [3.05, 3.63) is 89.7 Å². The number of carbonyl (C=O) groups is 2. The van der Waals surface area contributed by atoms with Gasteiger partial charge in [-0.15, -0.1) is 0 Å². The molecule has 0 atom stereocenters. The van der Waals surface area contributed by atoms with Crippen LogP contribution in [0.4, 0.5) is 11.4 Å². The molecular formula is C23H23N3O3. The molecule has 0 aliphatic carbocycles. The van der Waals surface area contributed by atoms with Crippen LogP contribution >= 0.6 is 0 Å². The van der Waals surface area contributed by atoms with Crippen LogP contribution in [0.1, 0.15) is 33.3 Å². The van der Waals surface area contributed by atoms with Crippen LogP contribution < -0.4 is 5.32 Å². The summed E-state index contributed by atoms with van der Waals surface area (Å²) in [4.78, 5) is 30.8. The van der Waals surface area contributed by atoms with Crippen molar-refractivity contribution in [2.24, 2.45) is 0 Å². The van der Waals surface area contributed by atoms with Crippen molar-refractivity contribution in [1.82, 2.24) is 9.88 Å². The molecule has 0 aliphatic heterocycles. The van der Waals surface area contributed by atoms with Gasteiger partial charge >= 0.3 is 5.97 Å². The van der Waals surface area contributed by atoms with Crippen molar-refractivity contribution in [1.29, 1.82) is 0 Å². The first-order valence-electron chi connectivity index (χ1n) is 9.37. The van der Waals surface area contributed by atoms with Gasteiger partial charge in [0.2, 0.25) is 0 Å². The van der Waals surface area contributed by atoms with E-state index >= 15 is 0 Å². The second-order valence-electron chi connectivity index (χ2n) is 6.47. The number of pyridine rings is 1. The number of nitrogens with one attached hydrogen (secondary N) is 1. The average molecular weight is 389 g/mol. The molecule has 148 valence electrons. The Hall–Kier alpha value is -3.67. The largest absolute Gasteiger partial charge is 0.462 e. The number of amides is 1. The zero-order valence-electron chi connectivity index (χ0n) is 16.5. The van der Waals surface area contributed by atoms with Gasteiger partial charge in [-0.05, 0) is 36.8 Å². The number of hydrogen-bond acceptors (Lipinski definition) is 5. The first-order chi connectivity index (χ1) is 14.1. The third-order valence-electron chi connectivity index (χ3n) is 4.29. The molecule has 1 N–H and O–H groups in total. The highest BCUT2D eigenvalue weighted by molar-refractivity contribution is 5.97. The molecule has 1 heterocycles. The minimum atomic E-state index is -0.399. The van der Waals surface area contributed by atoms with Gasteiger partial charge in [0.25, 0.3) is 5.91 Å². The molecule has 29 heavy (non-hydrogen) atoms. The van der Waals surface area contributed by atoms with Crippen molar-refractivity contribution in [2.75, 3.05) is 19.0 Å². The van der Waals surface area contributed by atoms with E-state index in [0.29, 0.717) is 35.8 Å². The maximum Gasteiger partial charge on any atom is 0.340 e. The number of carbonyl (C=O) groups excluding carboxylic acids is 2. The second-order valence-corrected chi connectivity index (χ2v) is 6.47. The maximum atomic E-state index is 12.8. The van der Waals surface area contributed by atoms with E-state index in [1.807, 2.05) is 36.4 Å². The predicted octanol–water partition coefficient (Wildman–Crippen LogP) is 4.27. The van der Waals surface area contributed by atoms with Crippen LogP contribution in [-0.2, 0) is 11.3 Å². The molecular weight excluding hydrogens is 366 g/mol. The molecule has 2 aromatic carbocycles. The number of benzene rings is 2. The fourth-order valence-corrected chi connectivity index (χ4v) is 2.88. The Balaban J connectivity index is 1.76. The molecule has 6 heteroatoms. The van der Waals surface area contributed by atoms with Gasteiger partial charge in [-0.2, -0.15) is 0 Å². The number of para-hydroxylation sites is 1. The van der Waals surface area contributed by atoms with Crippen LogP contribution in [0.3, 0.4) is 0 Å². The molecule has 0 bridgehead atoms. The van der Waals surface area contributed by atoms with E-state index in [1.54, 1.807) is 55.4 Å². The monoisotopic (exact) mass is 389 g/mol. The van der Waals surface area contributed by atoms with Gasteiger partial charge in [-0.25, -0.2) is 4.79 Å². The van der Waals surface area contributed by atoms with E-state index in [1.165, 1.54) is 0 Å². The van der Waals surface area contributed by atoms with Crippen LogP contribution in [0.2, 0.25) is 0 Å². The lowest BCUT2D eigenvalue weighted by atomic mass is 10.1. The lowest BCUT2D eigenvalue weighted by Crippen LogP contribution is -2.27. The van der Waals surface area contributed by atoms with Gasteiger partial charge in [-0.3, -0.25) is 9.78 Å². The molecule has 0 saturated carbocycles. The Morgan fingerprint density at radius 2 is 1.76 bits per heavy atom. The molecule has 6 nitrogen and oxygen atoms in total. The molecule has 1 aromatic heterocycles. The van der Waals surface area contributed by atoms with Crippen LogP contribution in [0, 0.1) is 0 Å². The number of aromatic nitrogens is 1. The molecule has 3 aromatic rings. The zero-order chi connectivity index (χ0) is 20.6. The minimum Gasteiger partial charge on any atom is -0.462 e. The Bertz CT molecular complexity index is 989. The summed E-state index contributed by atoms with van der Waals surface area (Å²) in [6, 6.07) is 20.3. The van der Waals surface area contributed by atoms with Gasteiger partial charge in [0.05, 0.1) is 17.9 Å². The molecule has 1 amide bonds. The highest BCUT2D eigenvalue weighted by atomic mass is 16.5. The van der Waals surface area contributed by atoms with Crippen molar-refractivity contribution in [2.45, 2.75) is 13.5 Å². The number of nitrogens with zero attached hydrogens (tertiary/aromatic N) is 2. The van der Waals surface area contributed by atoms with Crippen molar-refractivity contribution in [3.63, 3.8) is 0 Å². The number of anilines is 2. The van der Waals surface area contributed by atoms with Crippen LogP contribution in [0.25, 0.3) is 0 Å². The molecule has 0 unspecified atom stereocenters. The number of rotatable bonds is 7. The van der Waals surface area contributed by atoms with Crippen LogP contribution in [0.5, 0.6) is 0 Å². The van der Waals surface area contributed by atoms with E-state index in [4.69, 9.17) is 4.74 Å². The summed E-state index contributed by atoms with van der Waals surface area (Å²) < 4.78 is 5.10. The maximum absolute atomic E-state index is 12.8. The zero-order valence-corrected chi connectivity index (χ0v) is 16.5. The smallest absolute Gasteiger partial charge is 0.340 e. The SMILES string of the molecule is CCOC(=O)c1ccccc1Nc1ccnc(C(=O)N(C)Cc2ccccc2)c1. The highest BCUT2D eigenvalue weighted by Gasteiger charge is 2.16. The van der Waals surface area contributed by atoms with Crippen molar-refractivity contribution in [3.8, 4) is 0 Å². The summed E-state index contributed by atoms with van der Waals surface area (Å²) in [6.07, 6.45) is 1.57. The topological polar surface area (TPSA) is 71.5 Å². The lowest BCUT2D eigenvalue weighted by Gasteiger charge is -2.17. The summed E-state index contributed by atoms with van der Waals surface area (Å²) in [6.45, 7) is 2.56. The third kappa shape index (κ3) is 5.19. The number of esters is 1. The molecule has 0 fully saturated rings. The highest BCUT2D eigenvalue weighted by Crippen LogP contribution is 2.22. The Morgan fingerprint density at radius 1 is 1.03 bits per heavy atom. The summed E-state index contributed by atoms with van der Waals surface area (Å²) in [5, 5.41) is 3.18.